The maximum atomic E-state index is 5.91. The fourth-order valence-electron chi connectivity index (χ4n) is 1.55. The summed E-state index contributed by atoms with van der Waals surface area (Å²) in [5, 5.41) is 1.76. The van der Waals surface area contributed by atoms with E-state index in [0.29, 0.717) is 0 Å². The van der Waals surface area contributed by atoms with E-state index in [0.717, 1.165) is 27.2 Å². The highest BCUT2D eigenvalue weighted by atomic mass is 35.5. The van der Waals surface area contributed by atoms with Crippen LogP contribution in [-0.4, -0.2) is 9.97 Å². The molecule has 0 aliphatic heterocycles. The van der Waals surface area contributed by atoms with E-state index in [1.165, 1.54) is 5.56 Å². The van der Waals surface area contributed by atoms with Crippen LogP contribution in [0.1, 0.15) is 17.0 Å². The zero-order valence-corrected chi connectivity index (χ0v) is 11.3. The van der Waals surface area contributed by atoms with Gasteiger partial charge in [0.15, 0.2) is 0 Å². The van der Waals surface area contributed by atoms with Crippen molar-refractivity contribution in [2.24, 2.45) is 0 Å². The average molecular weight is 265 g/mol. The van der Waals surface area contributed by atoms with Crippen molar-refractivity contribution in [3.63, 3.8) is 0 Å². The summed E-state index contributed by atoms with van der Waals surface area (Å²) in [6, 6.07) is 7.83. The fourth-order valence-corrected chi connectivity index (χ4v) is 2.67. The van der Waals surface area contributed by atoms with E-state index in [1.807, 2.05) is 13.0 Å². The summed E-state index contributed by atoms with van der Waals surface area (Å²) in [5.41, 5.74) is 3.26. The topological polar surface area (TPSA) is 25.8 Å². The molecule has 4 heteroatoms. The summed E-state index contributed by atoms with van der Waals surface area (Å²) in [6.45, 7) is 4.09. The van der Waals surface area contributed by atoms with Crippen molar-refractivity contribution in [2.45, 2.75) is 24.6 Å². The molecule has 0 fully saturated rings. The summed E-state index contributed by atoms with van der Waals surface area (Å²) in [7, 11) is 0. The summed E-state index contributed by atoms with van der Waals surface area (Å²) in [4.78, 5) is 8.74. The smallest absolute Gasteiger partial charge is 0.0969 e. The van der Waals surface area contributed by atoms with Gasteiger partial charge >= 0.3 is 0 Å². The van der Waals surface area contributed by atoms with Crippen LogP contribution in [-0.2, 0) is 5.75 Å². The molecule has 17 heavy (non-hydrogen) atoms. The van der Waals surface area contributed by atoms with Gasteiger partial charge in [-0.05, 0) is 43.7 Å². The SMILES string of the molecule is Cc1cc(C)nc(SCc2cc(Cl)ccn2)c1. The van der Waals surface area contributed by atoms with E-state index in [2.05, 4.69) is 29.0 Å². The van der Waals surface area contributed by atoms with Crippen LogP contribution in [0.15, 0.2) is 35.5 Å². The van der Waals surface area contributed by atoms with Gasteiger partial charge in [0.1, 0.15) is 0 Å². The number of hydrogen-bond acceptors (Lipinski definition) is 3. The molecule has 0 aromatic carbocycles. The lowest BCUT2D eigenvalue weighted by Crippen LogP contribution is -1.89. The van der Waals surface area contributed by atoms with Gasteiger partial charge in [0.2, 0.25) is 0 Å². The van der Waals surface area contributed by atoms with Gasteiger partial charge in [0.25, 0.3) is 0 Å². The zero-order valence-electron chi connectivity index (χ0n) is 9.77. The second kappa shape index (κ2) is 5.52. The van der Waals surface area contributed by atoms with Gasteiger partial charge in [-0.2, -0.15) is 0 Å². The predicted molar refractivity (Wildman–Crippen MR) is 72.5 cm³/mol. The molecule has 0 N–H and O–H groups in total. The number of hydrogen-bond donors (Lipinski definition) is 0. The molecular weight excluding hydrogens is 252 g/mol. The molecule has 0 unspecified atom stereocenters. The monoisotopic (exact) mass is 264 g/mol. The third-order valence-electron chi connectivity index (χ3n) is 2.22. The van der Waals surface area contributed by atoms with E-state index in [1.54, 1.807) is 24.0 Å². The van der Waals surface area contributed by atoms with Crippen molar-refractivity contribution in [3.05, 3.63) is 52.4 Å². The Kier molecular flexibility index (Phi) is 4.02. The summed E-state index contributed by atoms with van der Waals surface area (Å²) < 4.78 is 0. The number of aromatic nitrogens is 2. The van der Waals surface area contributed by atoms with Crippen LogP contribution in [0.4, 0.5) is 0 Å². The maximum absolute atomic E-state index is 5.91. The first-order valence-electron chi connectivity index (χ1n) is 5.32. The van der Waals surface area contributed by atoms with Crippen molar-refractivity contribution < 1.29 is 0 Å². The van der Waals surface area contributed by atoms with E-state index < -0.39 is 0 Å². The second-order valence-corrected chi connectivity index (χ2v) is 5.31. The molecule has 2 nitrogen and oxygen atoms in total. The van der Waals surface area contributed by atoms with Crippen LogP contribution in [0.5, 0.6) is 0 Å². The molecule has 2 heterocycles. The average Bonchev–Trinajstić information content (AvgIpc) is 2.25. The number of aryl methyl sites for hydroxylation is 2. The summed E-state index contributed by atoms with van der Waals surface area (Å²) in [5.74, 6) is 0.788. The standard InChI is InChI=1S/C13H13ClN2S/c1-9-5-10(2)16-13(6-9)17-8-12-7-11(14)3-4-15-12/h3-7H,8H2,1-2H3. The van der Waals surface area contributed by atoms with E-state index in [4.69, 9.17) is 11.6 Å². The molecular formula is C13H13ClN2S. The minimum absolute atomic E-state index is 0.726. The Hall–Kier alpha value is -1.06. The van der Waals surface area contributed by atoms with Crippen LogP contribution in [0.2, 0.25) is 5.02 Å². The summed E-state index contributed by atoms with van der Waals surface area (Å²) >= 11 is 7.59. The Bertz CT molecular complexity index is 508. The molecule has 0 radical (unpaired) electrons. The van der Waals surface area contributed by atoms with Gasteiger partial charge < -0.3 is 0 Å². The van der Waals surface area contributed by atoms with Gasteiger partial charge in [-0.25, -0.2) is 4.98 Å². The lowest BCUT2D eigenvalue weighted by atomic mass is 10.3. The number of pyridine rings is 2. The summed E-state index contributed by atoms with van der Waals surface area (Å²) in [6.07, 6.45) is 1.73. The minimum Gasteiger partial charge on any atom is -0.260 e. The Labute approximate surface area is 110 Å². The third-order valence-corrected chi connectivity index (χ3v) is 3.40. The van der Waals surface area contributed by atoms with Gasteiger partial charge in [-0.15, -0.1) is 11.8 Å². The number of thioether (sulfide) groups is 1. The number of halogens is 1. The number of rotatable bonds is 3. The van der Waals surface area contributed by atoms with Crippen molar-refractivity contribution in [2.75, 3.05) is 0 Å². The van der Waals surface area contributed by atoms with Crippen molar-refractivity contribution in [1.29, 1.82) is 0 Å². The minimum atomic E-state index is 0.726. The second-order valence-electron chi connectivity index (χ2n) is 3.88. The largest absolute Gasteiger partial charge is 0.260 e. The van der Waals surface area contributed by atoms with Gasteiger partial charge in [0.05, 0.1) is 10.7 Å². The van der Waals surface area contributed by atoms with Crippen LogP contribution in [0.3, 0.4) is 0 Å². The van der Waals surface area contributed by atoms with Crippen LogP contribution in [0, 0.1) is 13.8 Å². The molecule has 0 aliphatic rings. The zero-order chi connectivity index (χ0) is 12.3. The van der Waals surface area contributed by atoms with E-state index in [9.17, 15) is 0 Å². The number of nitrogens with zero attached hydrogens (tertiary/aromatic N) is 2. The normalized spacial score (nSPS) is 10.5. The van der Waals surface area contributed by atoms with Crippen molar-refractivity contribution in [1.82, 2.24) is 9.97 Å². The quantitative estimate of drug-likeness (QED) is 0.783. The molecule has 0 aliphatic carbocycles. The first-order valence-corrected chi connectivity index (χ1v) is 6.68. The molecule has 0 amide bonds. The third kappa shape index (κ3) is 3.72. The Morgan fingerprint density at radius 3 is 2.76 bits per heavy atom. The van der Waals surface area contributed by atoms with Crippen LogP contribution < -0.4 is 0 Å². The van der Waals surface area contributed by atoms with Gasteiger partial charge in [-0.3, -0.25) is 4.98 Å². The molecule has 0 saturated carbocycles. The van der Waals surface area contributed by atoms with Crippen LogP contribution in [0.25, 0.3) is 0 Å². The fraction of sp³-hybridized carbons (Fsp3) is 0.231. The first-order chi connectivity index (χ1) is 8.13. The highest BCUT2D eigenvalue weighted by molar-refractivity contribution is 7.98. The molecule has 0 bridgehead atoms. The predicted octanol–water partition coefficient (Wildman–Crippen LogP) is 4.04. The highest BCUT2D eigenvalue weighted by Crippen LogP contribution is 2.22. The molecule has 88 valence electrons. The Morgan fingerprint density at radius 1 is 1.24 bits per heavy atom. The van der Waals surface area contributed by atoms with Crippen molar-refractivity contribution >= 4 is 23.4 Å². The van der Waals surface area contributed by atoms with Crippen molar-refractivity contribution in [3.8, 4) is 0 Å². The van der Waals surface area contributed by atoms with Crippen LogP contribution >= 0.6 is 23.4 Å². The molecule has 2 aromatic heterocycles. The lowest BCUT2D eigenvalue weighted by molar-refractivity contribution is 1.04. The molecule has 2 aromatic rings. The van der Waals surface area contributed by atoms with E-state index in [-0.39, 0.29) is 0 Å². The first kappa shape index (κ1) is 12.4. The Morgan fingerprint density at radius 2 is 2.06 bits per heavy atom. The molecule has 0 saturated heterocycles. The Balaban J connectivity index is 2.07. The molecule has 0 spiro atoms. The maximum Gasteiger partial charge on any atom is 0.0969 e. The highest BCUT2D eigenvalue weighted by Gasteiger charge is 2.01. The van der Waals surface area contributed by atoms with Gasteiger partial charge in [0, 0.05) is 22.7 Å². The lowest BCUT2D eigenvalue weighted by Gasteiger charge is -2.03. The van der Waals surface area contributed by atoms with Gasteiger partial charge in [-0.1, -0.05) is 11.6 Å². The molecule has 0 atom stereocenters. The van der Waals surface area contributed by atoms with E-state index >= 15 is 0 Å². The molecule has 2 rings (SSSR count).